The Morgan fingerprint density at radius 1 is 0.826 bits per heavy atom. The van der Waals surface area contributed by atoms with Crippen molar-refractivity contribution >= 4 is 53.3 Å². The summed E-state index contributed by atoms with van der Waals surface area (Å²) in [6.45, 7) is -1.44. The molecule has 6 amide bonds. The van der Waals surface area contributed by atoms with Crippen LogP contribution in [0.3, 0.4) is 0 Å². The highest BCUT2D eigenvalue weighted by Crippen LogP contribution is 2.04. The lowest BCUT2D eigenvalue weighted by Crippen LogP contribution is -2.55. The monoisotopic (exact) mass is 654 g/mol. The zero-order valence-corrected chi connectivity index (χ0v) is 24.5. The Hall–Kier alpha value is -5.80. The second-order valence-electron chi connectivity index (χ2n) is 9.68. The maximum absolute atomic E-state index is 13.0. The molecular weight excluding hydrogens is 616 g/mol. The van der Waals surface area contributed by atoms with Crippen molar-refractivity contribution < 1.29 is 48.6 Å². The lowest BCUT2D eigenvalue weighted by Gasteiger charge is -2.22. The van der Waals surface area contributed by atoms with E-state index >= 15 is 0 Å². The van der Waals surface area contributed by atoms with Crippen molar-refractivity contribution in [1.29, 1.82) is 0 Å². The number of carboxylic acid groups (broad SMARTS) is 2. The minimum absolute atomic E-state index is 0.0504. The summed E-state index contributed by atoms with van der Waals surface area (Å²) in [6.07, 6.45) is 1.28. The summed E-state index contributed by atoms with van der Waals surface area (Å²) >= 11 is 0. The van der Waals surface area contributed by atoms with Crippen LogP contribution in [-0.4, -0.2) is 117 Å². The number of rotatable bonds is 21. The van der Waals surface area contributed by atoms with Gasteiger partial charge in [0.1, 0.15) is 18.1 Å². The zero-order chi connectivity index (χ0) is 34.8. The van der Waals surface area contributed by atoms with Gasteiger partial charge in [0.2, 0.25) is 35.4 Å². The number of amides is 6. The van der Waals surface area contributed by atoms with Crippen molar-refractivity contribution in [2.45, 2.75) is 56.3 Å². The van der Waals surface area contributed by atoms with Crippen LogP contribution in [0.1, 0.15) is 31.4 Å². The standard InChI is InChI=1S/C24H38N12O10/c25-12(5-16(26)37)20(42)31-8-18(39)35-14(6-19(40)41)21(43)32-9-17(38)34-13(2-1-3-30-24(27)28)22(44)36-15(23(45)46)4-11-7-29-10-33-11/h7,10,12-15H,1-6,8-9,25H2,(H2,26,37)(H,29,33)(H,31,42)(H,32,43)(H,34,38)(H,35,39)(H,36,44)(H,40,41)(H,45,46)(H4,27,28,30)/t12-,13-,14-,15-/m0/s1. The van der Waals surface area contributed by atoms with Gasteiger partial charge < -0.3 is 64.7 Å². The number of hydrogen-bond donors (Lipinski definition) is 12. The average molecular weight is 655 g/mol. The normalized spacial score (nSPS) is 13.1. The number of hydrogen-bond acceptors (Lipinski definition) is 11. The Bertz CT molecular complexity index is 1280. The minimum Gasteiger partial charge on any atom is -0.481 e. The van der Waals surface area contributed by atoms with Crippen LogP contribution in [0.4, 0.5) is 0 Å². The molecule has 0 aliphatic rings. The van der Waals surface area contributed by atoms with Crippen molar-refractivity contribution in [3.8, 4) is 0 Å². The van der Waals surface area contributed by atoms with Crippen molar-refractivity contribution in [2.24, 2.45) is 27.9 Å². The molecule has 22 heteroatoms. The molecule has 46 heavy (non-hydrogen) atoms. The molecule has 0 aliphatic carbocycles. The molecular formula is C24H38N12O10. The maximum atomic E-state index is 13.0. The fourth-order valence-electron chi connectivity index (χ4n) is 3.63. The molecule has 0 spiro atoms. The number of nitrogens with two attached hydrogens (primary N) is 4. The third-order valence-electron chi connectivity index (χ3n) is 5.83. The van der Waals surface area contributed by atoms with Crippen LogP contribution < -0.4 is 49.5 Å². The zero-order valence-electron chi connectivity index (χ0n) is 24.5. The lowest BCUT2D eigenvalue weighted by molar-refractivity contribution is -0.142. The van der Waals surface area contributed by atoms with Gasteiger partial charge in [-0.05, 0) is 12.8 Å². The number of aliphatic imine (C=N–C) groups is 1. The van der Waals surface area contributed by atoms with Crippen molar-refractivity contribution in [3.63, 3.8) is 0 Å². The summed E-state index contributed by atoms with van der Waals surface area (Å²) in [5, 5.41) is 29.7. The molecule has 1 aromatic rings. The molecule has 0 fully saturated rings. The number of aromatic amines is 1. The van der Waals surface area contributed by atoms with Crippen molar-refractivity contribution in [3.05, 3.63) is 18.2 Å². The fourth-order valence-corrected chi connectivity index (χ4v) is 3.63. The Morgan fingerprint density at radius 3 is 1.96 bits per heavy atom. The number of aliphatic carboxylic acids is 2. The van der Waals surface area contributed by atoms with Crippen LogP contribution >= 0.6 is 0 Å². The van der Waals surface area contributed by atoms with E-state index in [1.165, 1.54) is 12.5 Å². The Kier molecular flexibility index (Phi) is 16.2. The molecule has 0 unspecified atom stereocenters. The van der Waals surface area contributed by atoms with Gasteiger partial charge in [0.05, 0.1) is 38.3 Å². The predicted molar refractivity (Wildman–Crippen MR) is 156 cm³/mol. The molecule has 1 aromatic heterocycles. The van der Waals surface area contributed by atoms with Crippen LogP contribution in [-0.2, 0) is 44.8 Å². The number of guanidine groups is 1. The molecule has 0 aliphatic heterocycles. The maximum Gasteiger partial charge on any atom is 0.326 e. The molecule has 0 bridgehead atoms. The summed E-state index contributed by atoms with van der Waals surface area (Å²) in [5.74, 6) is -8.71. The molecule has 22 nitrogen and oxygen atoms in total. The van der Waals surface area contributed by atoms with E-state index in [-0.39, 0.29) is 31.8 Å². The van der Waals surface area contributed by atoms with E-state index in [0.717, 1.165) is 0 Å². The SMILES string of the molecule is NC(=O)C[C@H](N)C(=O)NCC(=O)N[C@@H](CC(=O)O)C(=O)NCC(=O)N[C@@H](CCCN=C(N)N)C(=O)N[C@@H](Cc1cnc[nH]1)C(=O)O. The van der Waals surface area contributed by atoms with Gasteiger partial charge in [-0.2, -0.15) is 0 Å². The van der Waals surface area contributed by atoms with Gasteiger partial charge in [0, 0.05) is 24.9 Å². The fraction of sp³-hybridized carbons (Fsp3) is 0.500. The molecule has 0 saturated carbocycles. The van der Waals surface area contributed by atoms with Gasteiger partial charge in [0.25, 0.3) is 0 Å². The lowest BCUT2D eigenvalue weighted by atomic mass is 10.1. The topological polar surface area (TPSA) is 382 Å². The molecule has 1 rings (SSSR count). The first-order valence-electron chi connectivity index (χ1n) is 13.5. The first kappa shape index (κ1) is 38.2. The first-order valence-corrected chi connectivity index (χ1v) is 13.5. The van der Waals surface area contributed by atoms with Crippen LogP contribution in [0.5, 0.6) is 0 Å². The van der Waals surface area contributed by atoms with Gasteiger partial charge >= 0.3 is 11.9 Å². The first-order chi connectivity index (χ1) is 21.6. The highest BCUT2D eigenvalue weighted by atomic mass is 16.4. The van der Waals surface area contributed by atoms with Gasteiger partial charge in [0.15, 0.2) is 5.96 Å². The summed E-state index contributed by atoms with van der Waals surface area (Å²) in [7, 11) is 0. The molecule has 4 atom stereocenters. The van der Waals surface area contributed by atoms with Crippen molar-refractivity contribution in [2.75, 3.05) is 19.6 Å². The molecule has 1 heterocycles. The number of imidazole rings is 1. The van der Waals surface area contributed by atoms with E-state index in [0.29, 0.717) is 5.69 Å². The summed E-state index contributed by atoms with van der Waals surface area (Å²) in [4.78, 5) is 107. The van der Waals surface area contributed by atoms with Gasteiger partial charge in [-0.3, -0.25) is 38.6 Å². The second-order valence-corrected chi connectivity index (χ2v) is 9.68. The molecule has 254 valence electrons. The second kappa shape index (κ2) is 19.5. The van der Waals surface area contributed by atoms with E-state index in [1.807, 2.05) is 0 Å². The minimum atomic E-state index is -1.69. The number of H-pyrrole nitrogens is 1. The number of nitrogens with one attached hydrogen (secondary N) is 6. The summed E-state index contributed by atoms with van der Waals surface area (Å²) in [5.41, 5.74) is 21.4. The Morgan fingerprint density at radius 2 is 1.43 bits per heavy atom. The molecule has 0 radical (unpaired) electrons. The van der Waals surface area contributed by atoms with Crippen LogP contribution in [0.2, 0.25) is 0 Å². The largest absolute Gasteiger partial charge is 0.481 e. The van der Waals surface area contributed by atoms with Crippen LogP contribution in [0, 0.1) is 0 Å². The van der Waals surface area contributed by atoms with Gasteiger partial charge in [-0.15, -0.1) is 0 Å². The quantitative estimate of drug-likeness (QED) is 0.0333. The van der Waals surface area contributed by atoms with Gasteiger partial charge in [-0.1, -0.05) is 0 Å². The number of carboxylic acids is 2. The number of aromatic nitrogens is 2. The third-order valence-corrected chi connectivity index (χ3v) is 5.83. The smallest absolute Gasteiger partial charge is 0.326 e. The van der Waals surface area contributed by atoms with Crippen LogP contribution in [0.15, 0.2) is 17.5 Å². The average Bonchev–Trinajstić information content (AvgIpc) is 3.47. The van der Waals surface area contributed by atoms with E-state index < -0.39 is 97.5 Å². The van der Waals surface area contributed by atoms with Crippen molar-refractivity contribution in [1.82, 2.24) is 36.6 Å². The van der Waals surface area contributed by atoms with Crippen LogP contribution in [0.25, 0.3) is 0 Å². The van der Waals surface area contributed by atoms with Gasteiger partial charge in [-0.25, -0.2) is 9.78 Å². The highest BCUT2D eigenvalue weighted by Gasteiger charge is 2.28. The number of carbonyl (C=O) groups excluding carboxylic acids is 6. The third kappa shape index (κ3) is 15.6. The Balaban J connectivity index is 2.84. The number of nitrogens with zero attached hydrogens (tertiary/aromatic N) is 2. The van der Waals surface area contributed by atoms with E-state index in [9.17, 15) is 43.5 Å². The summed E-state index contributed by atoms with van der Waals surface area (Å²) < 4.78 is 0. The number of primary amides is 1. The summed E-state index contributed by atoms with van der Waals surface area (Å²) in [6, 6.07) is -5.73. The molecule has 0 saturated heterocycles. The highest BCUT2D eigenvalue weighted by molar-refractivity contribution is 5.96. The predicted octanol–water partition coefficient (Wildman–Crippen LogP) is -6.55. The molecule has 16 N–H and O–H groups in total. The van der Waals surface area contributed by atoms with E-state index in [1.54, 1.807) is 0 Å². The van der Waals surface area contributed by atoms with E-state index in [4.69, 9.17) is 28.0 Å². The molecule has 0 aromatic carbocycles. The van der Waals surface area contributed by atoms with E-state index in [2.05, 4.69) is 41.5 Å². The number of carbonyl (C=O) groups is 8. The Labute approximate surface area is 260 Å².